The second-order valence-electron chi connectivity index (χ2n) is 3.49. The molecule has 0 spiro atoms. The number of nitrogens with two attached hydrogens (primary N) is 1. The third-order valence-corrected chi connectivity index (χ3v) is 2.20. The van der Waals surface area contributed by atoms with Gasteiger partial charge in [0.2, 0.25) is 5.91 Å². The Kier molecular flexibility index (Phi) is 7.53. The molecular weight excluding hydrogens is 244 g/mol. The highest BCUT2D eigenvalue weighted by molar-refractivity contribution is 5.94. The van der Waals surface area contributed by atoms with Crippen molar-refractivity contribution in [3.8, 4) is 0 Å². The first-order chi connectivity index (χ1) is 7.67. The van der Waals surface area contributed by atoms with Crippen LogP contribution in [0.5, 0.6) is 0 Å². The standard InChI is InChI=1S/C10H18N4O2.ClH/c1-3-9(11)10(15)13-8-6-12-14(7-8)4-5-16-2;/h6-7,9H,3-5,11H2,1-2H3,(H,13,15);1H/t9-;/m0./s1. The highest BCUT2D eigenvalue weighted by Gasteiger charge is 2.11. The molecule has 1 rings (SSSR count). The SMILES string of the molecule is CC[C@H](N)C(=O)Nc1cnn(CCOC)c1.Cl. The van der Waals surface area contributed by atoms with Crippen molar-refractivity contribution in [2.45, 2.75) is 25.9 Å². The van der Waals surface area contributed by atoms with Gasteiger partial charge in [0.15, 0.2) is 0 Å². The number of carbonyl (C=O) groups excluding carboxylic acids is 1. The minimum atomic E-state index is -0.470. The first-order valence-corrected chi connectivity index (χ1v) is 5.25. The summed E-state index contributed by atoms with van der Waals surface area (Å²) in [6.07, 6.45) is 3.96. The Morgan fingerprint density at radius 1 is 1.71 bits per heavy atom. The summed E-state index contributed by atoms with van der Waals surface area (Å²) in [6.45, 7) is 3.11. The Bertz CT molecular complexity index is 343. The van der Waals surface area contributed by atoms with Crippen LogP contribution in [-0.4, -0.2) is 35.4 Å². The summed E-state index contributed by atoms with van der Waals surface area (Å²) in [4.78, 5) is 11.5. The van der Waals surface area contributed by atoms with Crippen LogP contribution in [0.2, 0.25) is 0 Å². The van der Waals surface area contributed by atoms with Crippen molar-refractivity contribution in [2.75, 3.05) is 19.0 Å². The molecule has 0 saturated carbocycles. The molecule has 0 aromatic carbocycles. The normalized spacial score (nSPS) is 11.7. The highest BCUT2D eigenvalue weighted by atomic mass is 35.5. The average molecular weight is 263 g/mol. The van der Waals surface area contributed by atoms with Crippen LogP contribution in [0.3, 0.4) is 0 Å². The summed E-state index contributed by atoms with van der Waals surface area (Å²) in [5.41, 5.74) is 6.25. The fourth-order valence-corrected chi connectivity index (χ4v) is 1.16. The van der Waals surface area contributed by atoms with Crippen LogP contribution in [0.25, 0.3) is 0 Å². The van der Waals surface area contributed by atoms with Gasteiger partial charge in [-0.05, 0) is 6.42 Å². The van der Waals surface area contributed by atoms with Crippen molar-refractivity contribution in [2.24, 2.45) is 5.73 Å². The van der Waals surface area contributed by atoms with Gasteiger partial charge in [0, 0.05) is 13.3 Å². The van der Waals surface area contributed by atoms with Crippen molar-refractivity contribution >= 4 is 24.0 Å². The number of methoxy groups -OCH3 is 1. The molecule has 0 radical (unpaired) electrons. The monoisotopic (exact) mass is 262 g/mol. The molecule has 1 heterocycles. The summed E-state index contributed by atoms with van der Waals surface area (Å²) in [6, 6.07) is -0.470. The van der Waals surface area contributed by atoms with Crippen LogP contribution < -0.4 is 11.1 Å². The fraction of sp³-hybridized carbons (Fsp3) is 0.600. The van der Waals surface area contributed by atoms with E-state index in [9.17, 15) is 4.79 Å². The van der Waals surface area contributed by atoms with Crippen molar-refractivity contribution in [1.82, 2.24) is 9.78 Å². The smallest absolute Gasteiger partial charge is 0.241 e. The van der Waals surface area contributed by atoms with Gasteiger partial charge in [0.05, 0.1) is 31.1 Å². The predicted octanol–water partition coefficient (Wildman–Crippen LogP) is 0.627. The van der Waals surface area contributed by atoms with Crippen LogP contribution in [0.15, 0.2) is 12.4 Å². The van der Waals surface area contributed by atoms with Crippen LogP contribution >= 0.6 is 12.4 Å². The lowest BCUT2D eigenvalue weighted by Gasteiger charge is -2.07. The molecule has 3 N–H and O–H groups in total. The Hall–Kier alpha value is -1.11. The summed E-state index contributed by atoms with van der Waals surface area (Å²) in [5, 5.41) is 6.77. The lowest BCUT2D eigenvalue weighted by Crippen LogP contribution is -2.34. The Morgan fingerprint density at radius 2 is 2.41 bits per heavy atom. The summed E-state index contributed by atoms with van der Waals surface area (Å²) in [5.74, 6) is -0.186. The minimum Gasteiger partial charge on any atom is -0.383 e. The van der Waals surface area contributed by atoms with E-state index in [0.717, 1.165) is 0 Å². The first kappa shape index (κ1) is 15.9. The van der Waals surface area contributed by atoms with E-state index >= 15 is 0 Å². The average Bonchev–Trinajstić information content (AvgIpc) is 2.72. The molecule has 0 unspecified atom stereocenters. The van der Waals surface area contributed by atoms with Crippen LogP contribution in [0, 0.1) is 0 Å². The molecule has 1 amide bonds. The molecule has 0 fully saturated rings. The quantitative estimate of drug-likeness (QED) is 0.788. The van der Waals surface area contributed by atoms with Crippen molar-refractivity contribution < 1.29 is 9.53 Å². The molecule has 1 aromatic heterocycles. The number of nitrogens with zero attached hydrogens (tertiary/aromatic N) is 2. The van der Waals surface area contributed by atoms with Gasteiger partial charge in [-0.3, -0.25) is 9.48 Å². The van der Waals surface area contributed by atoms with Crippen molar-refractivity contribution in [1.29, 1.82) is 0 Å². The number of nitrogens with one attached hydrogen (secondary N) is 1. The van der Waals surface area contributed by atoms with Gasteiger partial charge in [0.1, 0.15) is 0 Å². The molecule has 6 nitrogen and oxygen atoms in total. The first-order valence-electron chi connectivity index (χ1n) is 5.25. The van der Waals surface area contributed by atoms with Gasteiger partial charge in [-0.1, -0.05) is 6.92 Å². The molecule has 0 bridgehead atoms. The number of ether oxygens (including phenoxy) is 1. The topological polar surface area (TPSA) is 82.2 Å². The van der Waals surface area contributed by atoms with Gasteiger partial charge in [-0.25, -0.2) is 0 Å². The van der Waals surface area contributed by atoms with E-state index in [1.807, 2.05) is 6.92 Å². The predicted molar refractivity (Wildman–Crippen MR) is 68.2 cm³/mol. The Labute approximate surface area is 107 Å². The Balaban J connectivity index is 0.00000256. The van der Waals surface area contributed by atoms with E-state index in [1.54, 1.807) is 24.2 Å². The molecule has 0 saturated heterocycles. The van der Waals surface area contributed by atoms with Crippen LogP contribution in [-0.2, 0) is 16.1 Å². The zero-order valence-corrected chi connectivity index (χ0v) is 10.9. The Morgan fingerprint density at radius 3 is 3.00 bits per heavy atom. The van der Waals surface area contributed by atoms with Gasteiger partial charge < -0.3 is 15.8 Å². The van der Waals surface area contributed by atoms with E-state index in [0.29, 0.717) is 25.3 Å². The van der Waals surface area contributed by atoms with Crippen LogP contribution in [0.4, 0.5) is 5.69 Å². The molecule has 98 valence electrons. The summed E-state index contributed by atoms with van der Waals surface area (Å²) < 4.78 is 6.63. The highest BCUT2D eigenvalue weighted by Crippen LogP contribution is 2.05. The number of hydrogen-bond acceptors (Lipinski definition) is 4. The fourth-order valence-electron chi connectivity index (χ4n) is 1.16. The number of aromatic nitrogens is 2. The largest absolute Gasteiger partial charge is 0.383 e. The molecule has 0 aliphatic carbocycles. The number of amides is 1. The maximum absolute atomic E-state index is 11.5. The van der Waals surface area contributed by atoms with Gasteiger partial charge in [-0.15, -0.1) is 12.4 Å². The van der Waals surface area contributed by atoms with E-state index in [2.05, 4.69) is 10.4 Å². The maximum Gasteiger partial charge on any atom is 0.241 e. The summed E-state index contributed by atoms with van der Waals surface area (Å²) in [7, 11) is 1.63. The number of halogens is 1. The van der Waals surface area contributed by atoms with E-state index in [1.165, 1.54) is 0 Å². The van der Waals surface area contributed by atoms with Gasteiger partial charge in [-0.2, -0.15) is 5.10 Å². The lowest BCUT2D eigenvalue weighted by atomic mass is 10.2. The second-order valence-corrected chi connectivity index (χ2v) is 3.49. The molecular formula is C10H19ClN4O2. The summed E-state index contributed by atoms with van der Waals surface area (Å²) >= 11 is 0. The van der Waals surface area contributed by atoms with E-state index < -0.39 is 6.04 Å². The molecule has 0 aliphatic heterocycles. The number of hydrogen-bond donors (Lipinski definition) is 2. The van der Waals surface area contributed by atoms with Crippen LogP contribution in [0.1, 0.15) is 13.3 Å². The van der Waals surface area contributed by atoms with Gasteiger partial charge >= 0.3 is 0 Å². The molecule has 1 aromatic rings. The molecule has 17 heavy (non-hydrogen) atoms. The molecule has 7 heteroatoms. The minimum absolute atomic E-state index is 0. The second kappa shape index (κ2) is 8.05. The number of anilines is 1. The number of rotatable bonds is 6. The van der Waals surface area contributed by atoms with Crippen molar-refractivity contribution in [3.05, 3.63) is 12.4 Å². The third-order valence-electron chi connectivity index (χ3n) is 2.20. The zero-order valence-electron chi connectivity index (χ0n) is 10.0. The molecule has 0 aliphatic rings. The molecule has 1 atom stereocenters. The van der Waals surface area contributed by atoms with Gasteiger partial charge in [0.25, 0.3) is 0 Å². The number of carbonyl (C=O) groups is 1. The van der Waals surface area contributed by atoms with Crippen molar-refractivity contribution in [3.63, 3.8) is 0 Å². The van der Waals surface area contributed by atoms with E-state index in [4.69, 9.17) is 10.5 Å². The van der Waals surface area contributed by atoms with E-state index in [-0.39, 0.29) is 18.3 Å². The third kappa shape index (κ3) is 5.16. The lowest BCUT2D eigenvalue weighted by molar-refractivity contribution is -0.117. The zero-order chi connectivity index (χ0) is 12.0. The maximum atomic E-state index is 11.5.